The van der Waals surface area contributed by atoms with Crippen molar-refractivity contribution in [2.24, 2.45) is 7.05 Å². The standard InChI is InChI=1S/C15H18F3N5O3S2/c1-9(27-14-21-20-13(23(14)4)15(16,17)18)12(24)19-10-6-5-7-11(8-10)28(25,26)22(2)3/h5-9H,1-4H3,(H,19,24). The SMILES string of the molecule is CC(Sc1nnc(C(F)(F)F)n1C)C(=O)Nc1cccc(S(=O)(=O)N(C)C)c1. The van der Waals surface area contributed by atoms with Crippen molar-refractivity contribution in [3.05, 3.63) is 30.1 Å². The van der Waals surface area contributed by atoms with Gasteiger partial charge in [-0.3, -0.25) is 4.79 Å². The molecule has 13 heteroatoms. The highest BCUT2D eigenvalue weighted by molar-refractivity contribution is 8.00. The second kappa shape index (κ2) is 8.09. The maximum atomic E-state index is 12.8. The molecular formula is C15H18F3N5O3S2. The van der Waals surface area contributed by atoms with Gasteiger partial charge in [0.25, 0.3) is 0 Å². The predicted octanol–water partition coefficient (Wildman–Crippen LogP) is 2.20. The van der Waals surface area contributed by atoms with Gasteiger partial charge in [0, 0.05) is 26.8 Å². The Morgan fingerprint density at radius 2 is 1.93 bits per heavy atom. The topological polar surface area (TPSA) is 97.2 Å². The molecule has 0 bridgehead atoms. The zero-order valence-electron chi connectivity index (χ0n) is 15.4. The first-order valence-corrected chi connectivity index (χ1v) is 10.1. The Morgan fingerprint density at radius 1 is 1.29 bits per heavy atom. The zero-order chi connectivity index (χ0) is 21.3. The lowest BCUT2D eigenvalue weighted by atomic mass is 10.3. The fourth-order valence-corrected chi connectivity index (χ4v) is 3.83. The van der Waals surface area contributed by atoms with Crippen LogP contribution in [0.1, 0.15) is 12.7 Å². The highest BCUT2D eigenvalue weighted by atomic mass is 32.2. The van der Waals surface area contributed by atoms with E-state index in [9.17, 15) is 26.4 Å². The average molecular weight is 437 g/mol. The van der Waals surface area contributed by atoms with Crippen LogP contribution in [0.4, 0.5) is 18.9 Å². The maximum absolute atomic E-state index is 12.8. The summed E-state index contributed by atoms with van der Waals surface area (Å²) in [5.74, 6) is -1.69. The lowest BCUT2D eigenvalue weighted by Gasteiger charge is -2.14. The molecule has 0 saturated heterocycles. The lowest BCUT2D eigenvalue weighted by Crippen LogP contribution is -2.24. The summed E-state index contributed by atoms with van der Waals surface area (Å²) >= 11 is 0.800. The molecular weight excluding hydrogens is 419 g/mol. The molecule has 2 aromatic rings. The van der Waals surface area contributed by atoms with Crippen LogP contribution in [0.3, 0.4) is 0 Å². The van der Waals surface area contributed by atoms with Gasteiger partial charge in [-0.1, -0.05) is 17.8 Å². The van der Waals surface area contributed by atoms with Crippen LogP contribution < -0.4 is 5.32 Å². The summed E-state index contributed by atoms with van der Waals surface area (Å²) in [6.07, 6.45) is -4.65. The number of rotatable bonds is 6. The van der Waals surface area contributed by atoms with Gasteiger partial charge in [0.2, 0.25) is 21.8 Å². The van der Waals surface area contributed by atoms with Crippen LogP contribution in [0.25, 0.3) is 0 Å². The number of halogens is 3. The van der Waals surface area contributed by atoms with E-state index in [-0.39, 0.29) is 15.7 Å². The quantitative estimate of drug-likeness (QED) is 0.696. The fraction of sp³-hybridized carbons (Fsp3) is 0.400. The number of thioether (sulfide) groups is 1. The number of carbonyl (C=O) groups is 1. The van der Waals surface area contributed by atoms with Gasteiger partial charge in [-0.05, 0) is 25.1 Å². The number of sulfonamides is 1. The van der Waals surface area contributed by atoms with Crippen LogP contribution in [0, 0.1) is 0 Å². The minimum atomic E-state index is -4.65. The van der Waals surface area contributed by atoms with Crippen molar-refractivity contribution >= 4 is 33.4 Å². The molecule has 8 nitrogen and oxygen atoms in total. The van der Waals surface area contributed by atoms with Crippen molar-refractivity contribution in [1.82, 2.24) is 19.1 Å². The molecule has 1 amide bonds. The minimum Gasteiger partial charge on any atom is -0.325 e. The second-order valence-electron chi connectivity index (χ2n) is 5.93. The van der Waals surface area contributed by atoms with E-state index >= 15 is 0 Å². The summed E-state index contributed by atoms with van der Waals surface area (Å²) in [5, 5.41) is 8.24. The number of amides is 1. The largest absolute Gasteiger partial charge is 0.451 e. The Bertz CT molecular complexity index is 974. The maximum Gasteiger partial charge on any atom is 0.451 e. The smallest absolute Gasteiger partial charge is 0.325 e. The molecule has 1 unspecified atom stereocenters. The molecule has 1 heterocycles. The Hall–Kier alpha value is -2.12. The highest BCUT2D eigenvalue weighted by Gasteiger charge is 2.38. The number of anilines is 1. The molecule has 0 fully saturated rings. The van der Waals surface area contributed by atoms with Gasteiger partial charge >= 0.3 is 6.18 Å². The zero-order valence-corrected chi connectivity index (χ0v) is 17.0. The van der Waals surface area contributed by atoms with Gasteiger partial charge in [-0.2, -0.15) is 13.2 Å². The predicted molar refractivity (Wildman–Crippen MR) is 97.3 cm³/mol. The van der Waals surface area contributed by atoms with Crippen molar-refractivity contribution in [2.45, 2.75) is 28.4 Å². The number of nitrogens with zero attached hydrogens (tertiary/aromatic N) is 4. The molecule has 1 aromatic heterocycles. The number of benzene rings is 1. The molecule has 1 N–H and O–H groups in total. The summed E-state index contributed by atoms with van der Waals surface area (Å²) < 4.78 is 64.4. The van der Waals surface area contributed by atoms with Gasteiger partial charge in [0.05, 0.1) is 10.1 Å². The van der Waals surface area contributed by atoms with Crippen molar-refractivity contribution in [3.63, 3.8) is 0 Å². The van der Waals surface area contributed by atoms with E-state index in [0.717, 1.165) is 27.7 Å². The fourth-order valence-electron chi connectivity index (χ4n) is 2.07. The summed E-state index contributed by atoms with van der Waals surface area (Å²) in [5.41, 5.74) is 0.245. The van der Waals surface area contributed by atoms with Crippen LogP contribution >= 0.6 is 11.8 Å². The molecule has 1 aromatic carbocycles. The number of alkyl halides is 3. The number of carbonyl (C=O) groups excluding carboxylic acids is 1. The van der Waals surface area contributed by atoms with Crippen LogP contribution in [0.15, 0.2) is 34.3 Å². The van der Waals surface area contributed by atoms with E-state index < -0.39 is 33.2 Å². The van der Waals surface area contributed by atoms with E-state index in [0.29, 0.717) is 0 Å². The Labute approximate surface area is 164 Å². The summed E-state index contributed by atoms with van der Waals surface area (Å²) in [6.45, 7) is 1.49. The average Bonchev–Trinajstić information content (AvgIpc) is 2.95. The van der Waals surface area contributed by atoms with Gasteiger partial charge in [0.15, 0.2) is 5.16 Å². The molecule has 0 saturated carbocycles. The number of hydrogen-bond donors (Lipinski definition) is 1. The third-order valence-electron chi connectivity index (χ3n) is 3.62. The van der Waals surface area contributed by atoms with Gasteiger partial charge in [-0.25, -0.2) is 12.7 Å². The summed E-state index contributed by atoms with van der Waals surface area (Å²) in [4.78, 5) is 12.4. The van der Waals surface area contributed by atoms with Crippen LogP contribution in [0.2, 0.25) is 0 Å². The number of aromatic nitrogens is 3. The number of hydrogen-bond acceptors (Lipinski definition) is 6. The monoisotopic (exact) mass is 437 g/mol. The van der Waals surface area contributed by atoms with Crippen molar-refractivity contribution < 1.29 is 26.4 Å². The molecule has 0 aliphatic carbocycles. The normalized spacial score (nSPS) is 13.6. The van der Waals surface area contributed by atoms with Gasteiger partial charge < -0.3 is 9.88 Å². The van der Waals surface area contributed by atoms with Crippen molar-refractivity contribution in [1.29, 1.82) is 0 Å². The van der Waals surface area contributed by atoms with Crippen LogP contribution in [-0.2, 0) is 28.0 Å². The van der Waals surface area contributed by atoms with E-state index in [1.165, 1.54) is 45.3 Å². The van der Waals surface area contributed by atoms with E-state index in [2.05, 4.69) is 15.5 Å². The molecule has 28 heavy (non-hydrogen) atoms. The Balaban J connectivity index is 2.13. The third-order valence-corrected chi connectivity index (χ3v) is 6.57. The van der Waals surface area contributed by atoms with Crippen molar-refractivity contribution in [3.8, 4) is 0 Å². The van der Waals surface area contributed by atoms with Gasteiger partial charge in [0.1, 0.15) is 0 Å². The van der Waals surface area contributed by atoms with E-state index in [4.69, 9.17) is 0 Å². The molecule has 0 spiro atoms. The van der Waals surface area contributed by atoms with Crippen LogP contribution in [-0.4, -0.2) is 52.7 Å². The van der Waals surface area contributed by atoms with E-state index in [1.54, 1.807) is 0 Å². The number of nitrogens with one attached hydrogen (secondary N) is 1. The summed E-state index contributed by atoms with van der Waals surface area (Å²) in [7, 11) is 0.255. The molecule has 2 rings (SSSR count). The minimum absolute atomic E-state index is 0.00118. The molecule has 1 atom stereocenters. The van der Waals surface area contributed by atoms with E-state index in [1.807, 2.05) is 0 Å². The molecule has 154 valence electrons. The highest BCUT2D eigenvalue weighted by Crippen LogP contribution is 2.31. The van der Waals surface area contributed by atoms with Crippen LogP contribution in [0.5, 0.6) is 0 Å². The third kappa shape index (κ3) is 4.83. The van der Waals surface area contributed by atoms with Crippen molar-refractivity contribution in [2.75, 3.05) is 19.4 Å². The first kappa shape index (κ1) is 22.2. The van der Waals surface area contributed by atoms with Gasteiger partial charge in [-0.15, -0.1) is 10.2 Å². The second-order valence-corrected chi connectivity index (χ2v) is 9.39. The first-order valence-electron chi connectivity index (χ1n) is 7.80. The molecule has 0 radical (unpaired) electrons. The lowest BCUT2D eigenvalue weighted by molar-refractivity contribution is -0.147. The Kier molecular flexibility index (Phi) is 6.41. The molecule has 0 aliphatic rings. The Morgan fingerprint density at radius 3 is 2.46 bits per heavy atom. The first-order chi connectivity index (χ1) is 12.8. The summed E-state index contributed by atoms with van der Waals surface area (Å²) in [6, 6.07) is 5.67. The molecule has 0 aliphatic heterocycles.